The molecule has 2 nitrogen and oxygen atoms in total. The topological polar surface area (TPSA) is 34.0 Å². The summed E-state index contributed by atoms with van der Waals surface area (Å²) in [7, 11) is 0. The van der Waals surface area contributed by atoms with E-state index in [2.05, 4.69) is 5.32 Å². The van der Waals surface area contributed by atoms with Gasteiger partial charge in [-0.2, -0.15) is 0 Å². The van der Waals surface area contributed by atoms with E-state index in [1.54, 1.807) is 0 Å². The number of halogens is 2. The SMILES string of the molecule is C1CN1.FNF. The van der Waals surface area contributed by atoms with E-state index in [0.29, 0.717) is 0 Å². The summed E-state index contributed by atoms with van der Waals surface area (Å²) < 4.78 is 18.8. The van der Waals surface area contributed by atoms with Gasteiger partial charge in [0.05, 0.1) is 0 Å². The maximum absolute atomic E-state index is 9.38. The van der Waals surface area contributed by atoms with Gasteiger partial charge in [-0.05, 0) is 0 Å². The van der Waals surface area contributed by atoms with E-state index in [1.165, 1.54) is 13.1 Å². The van der Waals surface area contributed by atoms with Crippen LogP contribution in [0.1, 0.15) is 0 Å². The molecule has 1 fully saturated rings. The van der Waals surface area contributed by atoms with Crippen LogP contribution in [-0.2, 0) is 0 Å². The van der Waals surface area contributed by atoms with Gasteiger partial charge in [0.15, 0.2) is 0 Å². The lowest BCUT2D eigenvalue weighted by Gasteiger charge is -1.46. The fourth-order valence-corrected chi connectivity index (χ4v) is 0. The Morgan fingerprint density at radius 3 is 1.50 bits per heavy atom. The highest BCUT2D eigenvalue weighted by Gasteiger charge is 1.91. The van der Waals surface area contributed by atoms with Crippen molar-refractivity contribution in [3.63, 3.8) is 0 Å². The average molecular weight is 96.1 g/mol. The maximum Gasteiger partial charge on any atom is 0.00810 e. The molecule has 38 valence electrons. The molecule has 0 bridgehead atoms. The third-order valence-corrected chi connectivity index (χ3v) is 0.250. The van der Waals surface area contributed by atoms with Crippen LogP contribution >= 0.6 is 0 Å². The van der Waals surface area contributed by atoms with Gasteiger partial charge in [0.25, 0.3) is 0 Å². The smallest absolute Gasteiger partial charge is 0.00810 e. The molecule has 4 heteroatoms. The van der Waals surface area contributed by atoms with Crippen molar-refractivity contribution in [3.05, 3.63) is 0 Å². The molecule has 0 atom stereocenters. The monoisotopic (exact) mass is 96.0 g/mol. The first-order valence-electron chi connectivity index (χ1n) is 1.59. The molecule has 0 aromatic heterocycles. The van der Waals surface area contributed by atoms with Gasteiger partial charge in [-0.1, -0.05) is 0 Å². The van der Waals surface area contributed by atoms with Crippen LogP contribution in [0.4, 0.5) is 8.96 Å². The summed E-state index contributed by atoms with van der Waals surface area (Å²) in [6, 6.07) is 0. The first-order chi connectivity index (χ1) is 2.91. The third-order valence-electron chi connectivity index (χ3n) is 0.250. The van der Waals surface area contributed by atoms with E-state index in [0.717, 1.165) is 0 Å². The van der Waals surface area contributed by atoms with Gasteiger partial charge >= 0.3 is 0 Å². The second-order valence-corrected chi connectivity index (χ2v) is 0.821. The second-order valence-electron chi connectivity index (χ2n) is 0.821. The molecule has 2 N–H and O–H groups in total. The van der Waals surface area contributed by atoms with Crippen molar-refractivity contribution in [2.24, 2.45) is 0 Å². The van der Waals surface area contributed by atoms with Gasteiger partial charge in [-0.3, -0.25) is 0 Å². The van der Waals surface area contributed by atoms with Crippen molar-refractivity contribution in [3.8, 4) is 0 Å². The van der Waals surface area contributed by atoms with E-state index in [-0.39, 0.29) is 5.76 Å². The van der Waals surface area contributed by atoms with Crippen LogP contribution in [0.25, 0.3) is 0 Å². The van der Waals surface area contributed by atoms with Crippen LogP contribution in [0, 0.1) is 0 Å². The summed E-state index contributed by atoms with van der Waals surface area (Å²) in [6.07, 6.45) is 0. The maximum atomic E-state index is 9.38. The van der Waals surface area contributed by atoms with Crippen LogP contribution in [0.3, 0.4) is 0 Å². The molecule has 0 unspecified atom stereocenters. The zero-order chi connectivity index (χ0) is 4.83. The summed E-state index contributed by atoms with van der Waals surface area (Å²) in [5, 5.41) is 3.00. The van der Waals surface area contributed by atoms with Crippen LogP contribution in [-0.4, -0.2) is 13.1 Å². The minimum atomic E-state index is -0.250. The summed E-state index contributed by atoms with van der Waals surface area (Å²) in [5.41, 5.74) is 0. The minimum Gasteiger partial charge on any atom is -0.314 e. The zero-order valence-electron chi connectivity index (χ0n) is 3.17. The van der Waals surface area contributed by atoms with Crippen molar-refractivity contribution in [1.82, 2.24) is 11.1 Å². The molecule has 0 aromatic rings. The molecular weight excluding hydrogens is 90.0 g/mol. The van der Waals surface area contributed by atoms with Gasteiger partial charge < -0.3 is 5.32 Å². The van der Waals surface area contributed by atoms with Gasteiger partial charge in [0.2, 0.25) is 0 Å². The van der Waals surface area contributed by atoms with Crippen LogP contribution in [0.2, 0.25) is 0 Å². The predicted molar refractivity (Wildman–Crippen MR) is 18.2 cm³/mol. The van der Waals surface area contributed by atoms with Crippen molar-refractivity contribution in [1.29, 1.82) is 0 Å². The molecule has 1 rings (SSSR count). The molecule has 6 heavy (non-hydrogen) atoms. The highest BCUT2D eigenvalue weighted by Crippen LogP contribution is 1.65. The minimum absolute atomic E-state index is 0.250. The lowest BCUT2D eigenvalue weighted by molar-refractivity contribution is 0.130. The number of rotatable bonds is 0. The Morgan fingerprint density at radius 1 is 1.33 bits per heavy atom. The van der Waals surface area contributed by atoms with E-state index >= 15 is 0 Å². The Labute approximate surface area is 34.4 Å². The van der Waals surface area contributed by atoms with Gasteiger partial charge in [-0.25, -0.2) is 0 Å². The van der Waals surface area contributed by atoms with Crippen LogP contribution in [0.5, 0.6) is 0 Å². The fraction of sp³-hybridized carbons (Fsp3) is 1.00. The summed E-state index contributed by atoms with van der Waals surface area (Å²) in [6.45, 7) is 2.50. The Morgan fingerprint density at radius 2 is 1.50 bits per heavy atom. The number of hydrogen-bond donors (Lipinski definition) is 2. The van der Waals surface area contributed by atoms with Crippen LogP contribution in [0.15, 0.2) is 0 Å². The normalized spacial score (nSPS) is 15.0. The fourth-order valence-electron chi connectivity index (χ4n) is 0. The standard InChI is InChI=1S/C2H5N.F2HN/c1-2-3-1;1-3-2/h3H,1-2H2;3H. The van der Waals surface area contributed by atoms with Crippen molar-refractivity contribution >= 4 is 0 Å². The first-order valence-corrected chi connectivity index (χ1v) is 1.59. The highest BCUT2D eigenvalue weighted by atomic mass is 19.4. The van der Waals surface area contributed by atoms with E-state index in [1.807, 2.05) is 0 Å². The largest absolute Gasteiger partial charge is 0.314 e. The molecule has 0 spiro atoms. The summed E-state index contributed by atoms with van der Waals surface area (Å²) in [4.78, 5) is 0. The molecule has 1 aliphatic heterocycles. The van der Waals surface area contributed by atoms with E-state index in [9.17, 15) is 8.96 Å². The van der Waals surface area contributed by atoms with Gasteiger partial charge in [0.1, 0.15) is 0 Å². The molecule has 1 saturated heterocycles. The Balaban J connectivity index is 0.0000000833. The summed E-state index contributed by atoms with van der Waals surface area (Å²) in [5.74, 6) is -0.250. The average Bonchev–Trinajstić information content (AvgIpc) is 2.11. The molecule has 0 radical (unpaired) electrons. The quantitative estimate of drug-likeness (QED) is 0.327. The zero-order valence-corrected chi connectivity index (χ0v) is 3.17. The molecule has 0 aliphatic carbocycles. The Bertz CT molecular complexity index is 20.8. The lowest BCUT2D eigenvalue weighted by Crippen LogP contribution is -1.67. The number of nitrogens with one attached hydrogen (secondary N) is 2. The molecule has 0 amide bonds. The lowest BCUT2D eigenvalue weighted by atomic mass is 11.0. The van der Waals surface area contributed by atoms with Crippen molar-refractivity contribution in [2.75, 3.05) is 13.1 Å². The molecule has 1 aliphatic rings. The van der Waals surface area contributed by atoms with Crippen molar-refractivity contribution in [2.45, 2.75) is 0 Å². The second kappa shape index (κ2) is 4.78. The highest BCUT2D eigenvalue weighted by molar-refractivity contribution is 4.58. The molecular formula is C2H6F2N2. The third kappa shape index (κ3) is 48.0. The number of hydrogen-bond acceptors (Lipinski definition) is 2. The predicted octanol–water partition coefficient (Wildman–Crippen LogP) is -0.0654. The van der Waals surface area contributed by atoms with Crippen molar-refractivity contribution < 1.29 is 8.96 Å². The van der Waals surface area contributed by atoms with E-state index in [4.69, 9.17) is 0 Å². The first kappa shape index (κ1) is 5.78. The van der Waals surface area contributed by atoms with Crippen LogP contribution < -0.4 is 11.1 Å². The molecule has 0 aromatic carbocycles. The van der Waals surface area contributed by atoms with Gasteiger partial charge in [0, 0.05) is 18.9 Å². The Hall–Kier alpha value is -0.220. The Kier molecular flexibility index (Phi) is 4.60. The van der Waals surface area contributed by atoms with Gasteiger partial charge in [-0.15, -0.1) is 8.96 Å². The molecule has 0 saturated carbocycles. The summed E-state index contributed by atoms with van der Waals surface area (Å²) >= 11 is 0. The molecule has 1 heterocycles. The van der Waals surface area contributed by atoms with E-state index < -0.39 is 0 Å².